The molecule has 0 saturated carbocycles. The van der Waals surface area contributed by atoms with Crippen molar-refractivity contribution in [3.8, 4) is 5.75 Å². The summed E-state index contributed by atoms with van der Waals surface area (Å²) in [4.78, 5) is 24.5. The van der Waals surface area contributed by atoms with Crippen molar-refractivity contribution in [1.82, 2.24) is 4.98 Å². The summed E-state index contributed by atoms with van der Waals surface area (Å²) in [5, 5.41) is 2.31. The molecule has 0 aromatic carbocycles. The first-order chi connectivity index (χ1) is 6.24. The molecule has 0 spiro atoms. The van der Waals surface area contributed by atoms with Crippen molar-refractivity contribution in [2.45, 2.75) is 6.92 Å². The molecule has 1 heterocycles. The van der Waals surface area contributed by atoms with Crippen LogP contribution in [0.2, 0.25) is 0 Å². The smallest absolute Gasteiger partial charge is 0.308 e. The minimum absolute atomic E-state index is 0.229. The van der Waals surface area contributed by atoms with E-state index in [1.165, 1.54) is 13.1 Å². The van der Waals surface area contributed by atoms with Crippen LogP contribution in [0.25, 0.3) is 0 Å². The number of hydrogen-bond donors (Lipinski definition) is 1. The zero-order valence-electron chi connectivity index (χ0n) is 6.98. The average Bonchev–Trinajstić information content (AvgIpc) is 2.08. The number of anilines is 1. The standard InChI is InChI=1S/C8H8N2O3/c1-6(12)13-7-3-2-4-9-8(7)10-5-11/h2-5H,1H3,(H,9,10,11). The highest BCUT2D eigenvalue weighted by Crippen LogP contribution is 2.19. The van der Waals surface area contributed by atoms with E-state index in [1.54, 1.807) is 12.1 Å². The van der Waals surface area contributed by atoms with E-state index in [0.29, 0.717) is 6.41 Å². The van der Waals surface area contributed by atoms with E-state index in [2.05, 4.69) is 10.3 Å². The first-order valence-electron chi connectivity index (χ1n) is 3.57. The van der Waals surface area contributed by atoms with E-state index < -0.39 is 5.97 Å². The zero-order chi connectivity index (χ0) is 9.68. The predicted octanol–water partition coefficient (Wildman–Crippen LogP) is 0.575. The molecule has 0 aliphatic heterocycles. The van der Waals surface area contributed by atoms with E-state index in [0.717, 1.165) is 0 Å². The minimum Gasteiger partial charge on any atom is -0.423 e. The number of nitrogens with one attached hydrogen (secondary N) is 1. The molecule has 0 fully saturated rings. The van der Waals surface area contributed by atoms with Gasteiger partial charge in [0.25, 0.3) is 0 Å². The van der Waals surface area contributed by atoms with E-state index in [-0.39, 0.29) is 11.6 Å². The van der Waals surface area contributed by atoms with Gasteiger partial charge in [-0.1, -0.05) is 0 Å². The molecular formula is C8H8N2O3. The van der Waals surface area contributed by atoms with Gasteiger partial charge in [0.05, 0.1) is 0 Å². The third kappa shape index (κ3) is 2.55. The van der Waals surface area contributed by atoms with Crippen LogP contribution in [0.15, 0.2) is 18.3 Å². The van der Waals surface area contributed by atoms with Crippen LogP contribution in [-0.2, 0) is 9.59 Å². The Bertz CT molecular complexity index is 325. The van der Waals surface area contributed by atoms with Gasteiger partial charge in [0.1, 0.15) is 0 Å². The maximum Gasteiger partial charge on any atom is 0.308 e. The lowest BCUT2D eigenvalue weighted by Gasteiger charge is -2.04. The predicted molar refractivity (Wildman–Crippen MR) is 45.2 cm³/mol. The highest BCUT2D eigenvalue weighted by Gasteiger charge is 2.04. The van der Waals surface area contributed by atoms with Crippen LogP contribution in [-0.4, -0.2) is 17.4 Å². The Morgan fingerprint density at radius 3 is 3.08 bits per heavy atom. The van der Waals surface area contributed by atoms with Gasteiger partial charge in [-0.15, -0.1) is 0 Å². The van der Waals surface area contributed by atoms with Crippen LogP contribution >= 0.6 is 0 Å². The molecular weight excluding hydrogens is 172 g/mol. The number of carbonyl (C=O) groups excluding carboxylic acids is 2. The topological polar surface area (TPSA) is 68.3 Å². The van der Waals surface area contributed by atoms with Gasteiger partial charge >= 0.3 is 5.97 Å². The first-order valence-corrected chi connectivity index (χ1v) is 3.57. The number of nitrogens with zero attached hydrogens (tertiary/aromatic N) is 1. The van der Waals surface area contributed by atoms with Crippen LogP contribution in [0.3, 0.4) is 0 Å². The average molecular weight is 180 g/mol. The molecule has 0 unspecified atom stereocenters. The molecule has 1 aromatic heterocycles. The molecule has 0 atom stereocenters. The van der Waals surface area contributed by atoms with Crippen molar-refractivity contribution < 1.29 is 14.3 Å². The molecule has 68 valence electrons. The van der Waals surface area contributed by atoms with E-state index in [9.17, 15) is 9.59 Å². The Hall–Kier alpha value is -1.91. The number of rotatable bonds is 3. The number of carbonyl (C=O) groups is 2. The first kappa shape index (κ1) is 9.18. The Labute approximate surface area is 74.7 Å². The summed E-state index contributed by atoms with van der Waals surface area (Å²) in [6, 6.07) is 3.15. The fraction of sp³-hybridized carbons (Fsp3) is 0.125. The summed E-state index contributed by atoms with van der Waals surface area (Å²) >= 11 is 0. The van der Waals surface area contributed by atoms with Gasteiger partial charge in [-0.2, -0.15) is 0 Å². The molecule has 5 nitrogen and oxygen atoms in total. The van der Waals surface area contributed by atoms with Gasteiger partial charge in [-0.25, -0.2) is 4.98 Å². The summed E-state index contributed by atoms with van der Waals surface area (Å²) in [5.41, 5.74) is 0. The Balaban J connectivity index is 2.90. The van der Waals surface area contributed by atoms with Crippen LogP contribution in [0.4, 0.5) is 5.82 Å². The number of aromatic nitrogens is 1. The Kier molecular flexibility index (Phi) is 2.97. The largest absolute Gasteiger partial charge is 0.423 e. The van der Waals surface area contributed by atoms with Gasteiger partial charge in [-0.05, 0) is 12.1 Å². The lowest BCUT2D eigenvalue weighted by molar-refractivity contribution is -0.131. The van der Waals surface area contributed by atoms with Crippen molar-refractivity contribution >= 4 is 18.2 Å². The Morgan fingerprint density at radius 2 is 2.46 bits per heavy atom. The van der Waals surface area contributed by atoms with E-state index in [4.69, 9.17) is 4.74 Å². The monoisotopic (exact) mass is 180 g/mol. The lowest BCUT2D eigenvalue weighted by Crippen LogP contribution is -2.06. The second kappa shape index (κ2) is 4.20. The van der Waals surface area contributed by atoms with Gasteiger partial charge < -0.3 is 10.1 Å². The highest BCUT2D eigenvalue weighted by atomic mass is 16.5. The van der Waals surface area contributed by atoms with Crippen LogP contribution in [0.5, 0.6) is 5.75 Å². The van der Waals surface area contributed by atoms with Crippen LogP contribution < -0.4 is 10.1 Å². The quantitative estimate of drug-likeness (QED) is 0.545. The third-order valence-corrected chi connectivity index (χ3v) is 1.22. The van der Waals surface area contributed by atoms with Crippen molar-refractivity contribution in [2.75, 3.05) is 5.32 Å². The minimum atomic E-state index is -0.457. The highest BCUT2D eigenvalue weighted by molar-refractivity contribution is 5.76. The van der Waals surface area contributed by atoms with E-state index >= 15 is 0 Å². The number of ether oxygens (including phenoxy) is 1. The van der Waals surface area contributed by atoms with Gasteiger partial charge in [-0.3, -0.25) is 9.59 Å². The molecule has 1 amide bonds. The Morgan fingerprint density at radius 1 is 1.69 bits per heavy atom. The molecule has 5 heteroatoms. The molecule has 0 radical (unpaired) electrons. The summed E-state index contributed by atoms with van der Waals surface area (Å²) in [5.74, 6) is 0.0109. The van der Waals surface area contributed by atoms with E-state index in [1.807, 2.05) is 0 Å². The molecule has 0 aliphatic carbocycles. The molecule has 13 heavy (non-hydrogen) atoms. The summed E-state index contributed by atoms with van der Waals surface area (Å²) in [7, 11) is 0. The van der Waals surface area contributed by atoms with Gasteiger partial charge in [0.15, 0.2) is 11.6 Å². The maximum absolute atomic E-state index is 10.6. The fourth-order valence-electron chi connectivity index (χ4n) is 0.792. The maximum atomic E-state index is 10.6. The van der Waals surface area contributed by atoms with Crippen LogP contribution in [0.1, 0.15) is 6.92 Å². The molecule has 0 bridgehead atoms. The van der Waals surface area contributed by atoms with Crippen molar-refractivity contribution in [3.63, 3.8) is 0 Å². The fourth-order valence-corrected chi connectivity index (χ4v) is 0.792. The van der Waals surface area contributed by atoms with Gasteiger partial charge in [0.2, 0.25) is 6.41 Å². The lowest BCUT2D eigenvalue weighted by atomic mass is 10.4. The number of hydrogen-bond acceptors (Lipinski definition) is 4. The third-order valence-electron chi connectivity index (χ3n) is 1.22. The zero-order valence-corrected chi connectivity index (χ0v) is 6.98. The van der Waals surface area contributed by atoms with Crippen molar-refractivity contribution in [2.24, 2.45) is 0 Å². The van der Waals surface area contributed by atoms with Crippen LogP contribution in [0, 0.1) is 0 Å². The summed E-state index contributed by atoms with van der Waals surface area (Å²) in [6.07, 6.45) is 1.95. The van der Waals surface area contributed by atoms with Crippen molar-refractivity contribution in [1.29, 1.82) is 0 Å². The number of amides is 1. The molecule has 1 rings (SSSR count). The molecule has 1 N–H and O–H groups in total. The molecule has 1 aromatic rings. The normalized spacial score (nSPS) is 9.00. The summed E-state index contributed by atoms with van der Waals surface area (Å²) < 4.78 is 4.78. The molecule has 0 saturated heterocycles. The second-order valence-corrected chi connectivity index (χ2v) is 2.21. The van der Waals surface area contributed by atoms with Gasteiger partial charge in [0, 0.05) is 13.1 Å². The molecule has 0 aliphatic rings. The number of pyridine rings is 1. The number of esters is 1. The SMILES string of the molecule is CC(=O)Oc1cccnc1NC=O. The van der Waals surface area contributed by atoms with Crippen molar-refractivity contribution in [3.05, 3.63) is 18.3 Å². The summed E-state index contributed by atoms with van der Waals surface area (Å²) in [6.45, 7) is 1.28. The second-order valence-electron chi connectivity index (χ2n) is 2.21.